The fourth-order valence-corrected chi connectivity index (χ4v) is 3.81. The second-order valence-electron chi connectivity index (χ2n) is 7.91. The van der Waals surface area contributed by atoms with Gasteiger partial charge in [0.1, 0.15) is 0 Å². The van der Waals surface area contributed by atoms with E-state index in [-0.39, 0.29) is 5.91 Å². The molecule has 1 fully saturated rings. The molecular formula is C23H28N6O. The highest BCUT2D eigenvalue weighted by atomic mass is 16.1. The molecule has 2 heterocycles. The number of amides is 1. The fraction of sp³-hybridized carbons (Fsp3) is 0.391. The SMILES string of the molecule is Cc1nnnn1-c1ccc(CC(=O)NCc2ccc(CN3CCCCC3)cc2)cc1. The van der Waals surface area contributed by atoms with Crippen molar-refractivity contribution >= 4 is 5.91 Å². The van der Waals surface area contributed by atoms with Gasteiger partial charge in [0.15, 0.2) is 5.82 Å². The summed E-state index contributed by atoms with van der Waals surface area (Å²) in [5.74, 6) is 0.737. The molecule has 30 heavy (non-hydrogen) atoms. The molecule has 2 aromatic carbocycles. The molecule has 1 aromatic heterocycles. The van der Waals surface area contributed by atoms with Crippen LogP contribution in [0, 0.1) is 6.92 Å². The van der Waals surface area contributed by atoms with Crippen molar-refractivity contribution in [2.45, 2.75) is 45.7 Å². The number of piperidine rings is 1. The summed E-state index contributed by atoms with van der Waals surface area (Å²) in [4.78, 5) is 14.8. The summed E-state index contributed by atoms with van der Waals surface area (Å²) < 4.78 is 1.67. The lowest BCUT2D eigenvalue weighted by Crippen LogP contribution is -2.29. The fourth-order valence-electron chi connectivity index (χ4n) is 3.81. The zero-order chi connectivity index (χ0) is 20.8. The molecule has 0 spiro atoms. The highest BCUT2D eigenvalue weighted by Crippen LogP contribution is 2.14. The Kier molecular flexibility index (Phi) is 6.49. The van der Waals surface area contributed by atoms with E-state index in [4.69, 9.17) is 0 Å². The smallest absolute Gasteiger partial charge is 0.224 e. The van der Waals surface area contributed by atoms with Gasteiger partial charge >= 0.3 is 0 Å². The van der Waals surface area contributed by atoms with Crippen molar-refractivity contribution in [3.63, 3.8) is 0 Å². The first-order valence-electron chi connectivity index (χ1n) is 10.6. The molecule has 1 N–H and O–H groups in total. The molecule has 0 radical (unpaired) electrons. The Morgan fingerprint density at radius 3 is 2.27 bits per heavy atom. The first-order valence-corrected chi connectivity index (χ1v) is 10.6. The molecule has 3 aromatic rings. The normalized spacial score (nSPS) is 14.6. The number of nitrogens with zero attached hydrogens (tertiary/aromatic N) is 5. The van der Waals surface area contributed by atoms with Gasteiger partial charge in [-0.15, -0.1) is 5.10 Å². The predicted octanol–water partition coefficient (Wildman–Crippen LogP) is 2.82. The summed E-state index contributed by atoms with van der Waals surface area (Å²) in [5.41, 5.74) is 4.30. The van der Waals surface area contributed by atoms with Crippen LogP contribution in [-0.4, -0.2) is 44.1 Å². The number of carbonyl (C=O) groups is 1. The average Bonchev–Trinajstić information content (AvgIpc) is 3.20. The number of aryl methyl sites for hydroxylation is 1. The maximum absolute atomic E-state index is 12.3. The van der Waals surface area contributed by atoms with E-state index in [2.05, 4.69) is 50.0 Å². The maximum atomic E-state index is 12.3. The van der Waals surface area contributed by atoms with Crippen molar-refractivity contribution in [2.24, 2.45) is 0 Å². The van der Waals surface area contributed by atoms with Gasteiger partial charge < -0.3 is 5.32 Å². The van der Waals surface area contributed by atoms with Crippen LogP contribution >= 0.6 is 0 Å². The van der Waals surface area contributed by atoms with E-state index in [1.807, 2.05) is 31.2 Å². The number of likely N-dealkylation sites (tertiary alicyclic amines) is 1. The number of hydrogen-bond acceptors (Lipinski definition) is 5. The highest BCUT2D eigenvalue weighted by molar-refractivity contribution is 5.78. The van der Waals surface area contributed by atoms with Crippen LogP contribution in [0.2, 0.25) is 0 Å². The Bertz CT molecular complexity index is 958. The molecule has 0 saturated carbocycles. The van der Waals surface area contributed by atoms with Crippen LogP contribution in [0.15, 0.2) is 48.5 Å². The van der Waals surface area contributed by atoms with E-state index in [1.165, 1.54) is 37.9 Å². The van der Waals surface area contributed by atoms with Gasteiger partial charge in [0.2, 0.25) is 5.91 Å². The highest BCUT2D eigenvalue weighted by Gasteiger charge is 2.10. The average molecular weight is 405 g/mol. The summed E-state index contributed by atoms with van der Waals surface area (Å²) >= 11 is 0. The zero-order valence-electron chi connectivity index (χ0n) is 17.4. The third-order valence-corrected chi connectivity index (χ3v) is 5.54. The van der Waals surface area contributed by atoms with Gasteiger partial charge in [-0.2, -0.15) is 4.68 Å². The second-order valence-corrected chi connectivity index (χ2v) is 7.91. The molecule has 7 nitrogen and oxygen atoms in total. The number of carbonyl (C=O) groups excluding carboxylic acids is 1. The summed E-state index contributed by atoms with van der Waals surface area (Å²) in [6, 6.07) is 16.3. The Morgan fingerprint density at radius 1 is 0.933 bits per heavy atom. The van der Waals surface area contributed by atoms with Crippen molar-refractivity contribution in [1.82, 2.24) is 30.4 Å². The number of benzene rings is 2. The van der Waals surface area contributed by atoms with E-state index < -0.39 is 0 Å². The first-order chi connectivity index (χ1) is 14.7. The molecule has 156 valence electrons. The van der Waals surface area contributed by atoms with Gasteiger partial charge in [0.25, 0.3) is 0 Å². The van der Waals surface area contributed by atoms with Crippen LogP contribution in [0.1, 0.15) is 41.8 Å². The van der Waals surface area contributed by atoms with Gasteiger partial charge in [0, 0.05) is 13.1 Å². The molecule has 0 unspecified atom stereocenters. The second kappa shape index (κ2) is 9.63. The molecule has 0 bridgehead atoms. The minimum absolute atomic E-state index is 0.0127. The van der Waals surface area contributed by atoms with Gasteiger partial charge in [-0.1, -0.05) is 42.8 Å². The standard InChI is InChI=1S/C23H28N6O/c1-18-25-26-27-29(18)22-11-9-19(10-12-22)15-23(30)24-16-20-5-7-21(8-6-20)17-28-13-3-2-4-14-28/h5-12H,2-4,13-17H2,1H3,(H,24,30). The van der Waals surface area contributed by atoms with E-state index >= 15 is 0 Å². The number of aromatic nitrogens is 4. The van der Waals surface area contributed by atoms with Crippen LogP contribution in [0.5, 0.6) is 0 Å². The van der Waals surface area contributed by atoms with Crippen molar-refractivity contribution in [2.75, 3.05) is 13.1 Å². The molecule has 4 rings (SSSR count). The maximum Gasteiger partial charge on any atom is 0.224 e. The zero-order valence-corrected chi connectivity index (χ0v) is 17.4. The lowest BCUT2D eigenvalue weighted by atomic mass is 10.1. The number of nitrogens with one attached hydrogen (secondary N) is 1. The lowest BCUT2D eigenvalue weighted by molar-refractivity contribution is -0.120. The van der Waals surface area contributed by atoms with Crippen LogP contribution < -0.4 is 5.32 Å². The van der Waals surface area contributed by atoms with Gasteiger partial charge in [-0.3, -0.25) is 9.69 Å². The summed E-state index contributed by atoms with van der Waals surface area (Å²) in [6.07, 6.45) is 4.33. The number of hydrogen-bond donors (Lipinski definition) is 1. The van der Waals surface area contributed by atoms with E-state index in [0.717, 1.165) is 29.2 Å². The third kappa shape index (κ3) is 5.30. The van der Waals surface area contributed by atoms with Gasteiger partial charge in [-0.05, 0) is 72.1 Å². The number of rotatable bonds is 7. The minimum atomic E-state index is 0.0127. The minimum Gasteiger partial charge on any atom is -0.352 e. The Hall–Kier alpha value is -3.06. The summed E-state index contributed by atoms with van der Waals surface area (Å²) in [7, 11) is 0. The third-order valence-electron chi connectivity index (χ3n) is 5.54. The van der Waals surface area contributed by atoms with Crippen LogP contribution in [0.25, 0.3) is 5.69 Å². The Balaban J connectivity index is 1.25. The van der Waals surface area contributed by atoms with Crippen molar-refractivity contribution in [3.05, 3.63) is 71.0 Å². The molecule has 1 aliphatic heterocycles. The quantitative estimate of drug-likeness (QED) is 0.655. The van der Waals surface area contributed by atoms with Crippen LogP contribution in [0.3, 0.4) is 0 Å². The predicted molar refractivity (Wildman–Crippen MR) is 115 cm³/mol. The molecule has 1 saturated heterocycles. The molecular weight excluding hydrogens is 376 g/mol. The molecule has 1 amide bonds. The lowest BCUT2D eigenvalue weighted by Gasteiger charge is -2.26. The summed E-state index contributed by atoms with van der Waals surface area (Å²) in [5, 5.41) is 14.5. The van der Waals surface area contributed by atoms with Gasteiger partial charge in [-0.25, -0.2) is 0 Å². The van der Waals surface area contributed by atoms with Crippen molar-refractivity contribution in [3.8, 4) is 5.69 Å². The molecule has 1 aliphatic rings. The number of tetrazole rings is 1. The van der Waals surface area contributed by atoms with Crippen molar-refractivity contribution in [1.29, 1.82) is 0 Å². The molecule has 7 heteroatoms. The summed E-state index contributed by atoms with van der Waals surface area (Å²) in [6.45, 7) is 5.82. The Morgan fingerprint density at radius 2 is 1.60 bits per heavy atom. The molecule has 0 aliphatic carbocycles. The van der Waals surface area contributed by atoms with E-state index in [9.17, 15) is 4.79 Å². The molecule has 0 atom stereocenters. The monoisotopic (exact) mass is 404 g/mol. The van der Waals surface area contributed by atoms with E-state index in [0.29, 0.717) is 13.0 Å². The first kappa shape index (κ1) is 20.2. The Labute approximate surface area is 177 Å². The van der Waals surface area contributed by atoms with Crippen LogP contribution in [-0.2, 0) is 24.3 Å². The van der Waals surface area contributed by atoms with Crippen LogP contribution in [0.4, 0.5) is 0 Å². The van der Waals surface area contributed by atoms with E-state index in [1.54, 1.807) is 4.68 Å². The topological polar surface area (TPSA) is 75.9 Å². The largest absolute Gasteiger partial charge is 0.352 e. The van der Waals surface area contributed by atoms with Crippen molar-refractivity contribution < 1.29 is 4.79 Å². The van der Waals surface area contributed by atoms with Gasteiger partial charge in [0.05, 0.1) is 12.1 Å².